The van der Waals surface area contributed by atoms with Gasteiger partial charge >= 0.3 is 5.69 Å². The van der Waals surface area contributed by atoms with E-state index >= 15 is 0 Å². The van der Waals surface area contributed by atoms with E-state index in [1.54, 1.807) is 0 Å². The van der Waals surface area contributed by atoms with Crippen LogP contribution in [0.2, 0.25) is 0 Å². The fourth-order valence-electron chi connectivity index (χ4n) is 2.83. The molecule has 1 fully saturated rings. The van der Waals surface area contributed by atoms with Gasteiger partial charge in [0.25, 0.3) is 0 Å². The monoisotopic (exact) mass is 290 g/mol. The molecule has 0 aromatic carbocycles. The molecule has 0 radical (unpaired) electrons. The minimum Gasteiger partial charge on any atom is -0.351 e. The molecule has 7 heteroatoms. The summed E-state index contributed by atoms with van der Waals surface area (Å²) in [7, 11) is 0. The first-order valence-corrected chi connectivity index (χ1v) is 7.59. The lowest BCUT2D eigenvalue weighted by molar-refractivity contribution is 0.417. The number of aromatic amines is 1. The first-order valence-electron chi connectivity index (χ1n) is 7.59. The zero-order valence-electron chi connectivity index (χ0n) is 12.5. The number of anilines is 1. The summed E-state index contributed by atoms with van der Waals surface area (Å²) in [6, 6.07) is 4.68. The van der Waals surface area contributed by atoms with Gasteiger partial charge in [-0.1, -0.05) is 13.8 Å². The van der Waals surface area contributed by atoms with Crippen LogP contribution in [0, 0.1) is 0 Å². The molecule has 2 N–H and O–H groups in total. The van der Waals surface area contributed by atoms with E-state index < -0.39 is 0 Å². The van der Waals surface area contributed by atoms with Gasteiger partial charge in [0.2, 0.25) is 0 Å². The van der Waals surface area contributed by atoms with Gasteiger partial charge in [0.1, 0.15) is 5.82 Å². The zero-order valence-corrected chi connectivity index (χ0v) is 12.5. The quantitative estimate of drug-likeness (QED) is 0.870. The molecule has 1 unspecified atom stereocenters. The van der Waals surface area contributed by atoms with Gasteiger partial charge in [0.15, 0.2) is 5.65 Å². The van der Waals surface area contributed by atoms with Gasteiger partial charge in [-0.25, -0.2) is 9.89 Å². The zero-order chi connectivity index (χ0) is 14.8. The van der Waals surface area contributed by atoms with E-state index in [2.05, 4.69) is 39.4 Å². The highest BCUT2D eigenvalue weighted by molar-refractivity contribution is 5.46. The Labute approximate surface area is 123 Å². The Morgan fingerprint density at radius 3 is 3.10 bits per heavy atom. The molecule has 0 aliphatic carbocycles. The first kappa shape index (κ1) is 14.1. The molecule has 0 saturated carbocycles. The average molecular weight is 290 g/mol. The molecular weight excluding hydrogens is 268 g/mol. The third-order valence-electron chi connectivity index (χ3n) is 3.94. The largest absolute Gasteiger partial charge is 0.364 e. The summed E-state index contributed by atoms with van der Waals surface area (Å²) >= 11 is 0. The topological polar surface area (TPSA) is 78.3 Å². The number of nitrogens with zero attached hydrogens (tertiary/aromatic N) is 4. The SMILES string of the molecule is CC(C)NCC1CCCCN1c1ccc2n[nH]c(=O)n2n1. The molecule has 114 valence electrons. The number of H-pyrrole nitrogens is 1. The standard InChI is InChI=1S/C14H22N6O/c1-10(2)15-9-11-5-3-4-8-19(11)13-7-6-12-16-17-14(21)20(12)18-13/h6-7,10-11,15H,3-5,8-9H2,1-2H3,(H,17,21). The maximum atomic E-state index is 11.7. The minimum absolute atomic E-state index is 0.291. The van der Waals surface area contributed by atoms with E-state index in [9.17, 15) is 4.79 Å². The fourth-order valence-corrected chi connectivity index (χ4v) is 2.83. The molecular formula is C14H22N6O. The molecule has 1 saturated heterocycles. The van der Waals surface area contributed by atoms with E-state index in [0.29, 0.717) is 17.7 Å². The third kappa shape index (κ3) is 2.92. The van der Waals surface area contributed by atoms with Crippen LogP contribution >= 0.6 is 0 Å². The van der Waals surface area contributed by atoms with Crippen LogP contribution in [-0.4, -0.2) is 45.0 Å². The Hall–Kier alpha value is -1.89. The Bertz CT molecular complexity index is 661. The normalized spacial score (nSPS) is 19.6. The fraction of sp³-hybridized carbons (Fsp3) is 0.643. The summed E-state index contributed by atoms with van der Waals surface area (Å²) in [5, 5.41) is 14.3. The predicted molar refractivity (Wildman–Crippen MR) is 81.7 cm³/mol. The number of rotatable bonds is 4. The molecule has 7 nitrogen and oxygen atoms in total. The van der Waals surface area contributed by atoms with E-state index in [1.807, 2.05) is 12.1 Å². The molecule has 0 amide bonds. The smallest absolute Gasteiger partial charge is 0.351 e. The minimum atomic E-state index is -0.291. The van der Waals surface area contributed by atoms with Crippen molar-refractivity contribution in [3.05, 3.63) is 22.6 Å². The van der Waals surface area contributed by atoms with Crippen LogP contribution in [0.4, 0.5) is 5.82 Å². The molecule has 21 heavy (non-hydrogen) atoms. The van der Waals surface area contributed by atoms with Crippen LogP contribution < -0.4 is 15.9 Å². The van der Waals surface area contributed by atoms with E-state index in [4.69, 9.17) is 0 Å². The molecule has 0 bridgehead atoms. The molecule has 2 aromatic heterocycles. The van der Waals surface area contributed by atoms with E-state index in [0.717, 1.165) is 31.7 Å². The molecule has 1 atom stereocenters. The Kier molecular flexibility index (Phi) is 3.92. The lowest BCUT2D eigenvalue weighted by atomic mass is 10.0. The van der Waals surface area contributed by atoms with Crippen molar-refractivity contribution in [2.45, 2.75) is 45.2 Å². The second kappa shape index (κ2) is 5.85. The Balaban J connectivity index is 1.86. The number of hydrogen-bond donors (Lipinski definition) is 2. The van der Waals surface area contributed by atoms with Crippen molar-refractivity contribution in [3.8, 4) is 0 Å². The van der Waals surface area contributed by atoms with Gasteiger partial charge in [-0.15, -0.1) is 5.10 Å². The van der Waals surface area contributed by atoms with E-state index in [-0.39, 0.29) is 5.69 Å². The molecule has 3 rings (SSSR count). The second-order valence-electron chi connectivity index (χ2n) is 5.90. The summed E-state index contributed by atoms with van der Waals surface area (Å²) in [5.74, 6) is 0.848. The van der Waals surface area contributed by atoms with Gasteiger partial charge in [-0.05, 0) is 31.4 Å². The number of nitrogens with one attached hydrogen (secondary N) is 2. The summed E-state index contributed by atoms with van der Waals surface area (Å²) < 4.78 is 1.33. The van der Waals surface area contributed by atoms with Crippen LogP contribution in [0.3, 0.4) is 0 Å². The van der Waals surface area contributed by atoms with Crippen molar-refractivity contribution in [1.29, 1.82) is 0 Å². The average Bonchev–Trinajstić information content (AvgIpc) is 2.86. The van der Waals surface area contributed by atoms with Crippen LogP contribution in [0.25, 0.3) is 5.65 Å². The summed E-state index contributed by atoms with van der Waals surface area (Å²) in [6.07, 6.45) is 3.56. The van der Waals surface area contributed by atoms with Gasteiger partial charge in [0, 0.05) is 25.2 Å². The second-order valence-corrected chi connectivity index (χ2v) is 5.90. The molecule has 1 aliphatic rings. The maximum absolute atomic E-state index is 11.7. The van der Waals surface area contributed by atoms with Crippen LogP contribution in [0.15, 0.2) is 16.9 Å². The summed E-state index contributed by atoms with van der Waals surface area (Å²) in [6.45, 7) is 6.23. The first-order chi connectivity index (χ1) is 10.1. The van der Waals surface area contributed by atoms with Crippen molar-refractivity contribution in [2.24, 2.45) is 0 Å². The highest BCUT2D eigenvalue weighted by atomic mass is 16.2. The summed E-state index contributed by atoms with van der Waals surface area (Å²) in [5.41, 5.74) is 0.262. The maximum Gasteiger partial charge on any atom is 0.364 e. The lowest BCUT2D eigenvalue weighted by Crippen LogP contribution is -2.47. The van der Waals surface area contributed by atoms with Crippen molar-refractivity contribution in [2.75, 3.05) is 18.0 Å². The highest BCUT2D eigenvalue weighted by Gasteiger charge is 2.24. The van der Waals surface area contributed by atoms with Crippen LogP contribution in [0.1, 0.15) is 33.1 Å². The van der Waals surface area contributed by atoms with E-state index in [1.165, 1.54) is 10.9 Å². The number of aromatic nitrogens is 4. The van der Waals surface area contributed by atoms with Gasteiger partial charge in [-0.2, -0.15) is 9.61 Å². The van der Waals surface area contributed by atoms with Crippen LogP contribution in [-0.2, 0) is 0 Å². The molecule has 3 heterocycles. The van der Waals surface area contributed by atoms with Crippen LogP contribution in [0.5, 0.6) is 0 Å². The molecule has 1 aliphatic heterocycles. The molecule has 2 aromatic rings. The number of fused-ring (bicyclic) bond motifs is 1. The molecule has 0 spiro atoms. The lowest BCUT2D eigenvalue weighted by Gasteiger charge is -2.37. The van der Waals surface area contributed by atoms with Gasteiger partial charge in [-0.3, -0.25) is 0 Å². The third-order valence-corrected chi connectivity index (χ3v) is 3.94. The van der Waals surface area contributed by atoms with Crippen molar-refractivity contribution in [3.63, 3.8) is 0 Å². The Morgan fingerprint density at radius 2 is 2.29 bits per heavy atom. The van der Waals surface area contributed by atoms with Gasteiger partial charge in [0.05, 0.1) is 0 Å². The highest BCUT2D eigenvalue weighted by Crippen LogP contribution is 2.22. The number of hydrogen-bond acceptors (Lipinski definition) is 5. The van der Waals surface area contributed by atoms with Crippen molar-refractivity contribution >= 4 is 11.5 Å². The Morgan fingerprint density at radius 1 is 1.43 bits per heavy atom. The predicted octanol–water partition coefficient (Wildman–Crippen LogP) is 0.774. The van der Waals surface area contributed by atoms with Gasteiger partial charge < -0.3 is 10.2 Å². The van der Waals surface area contributed by atoms with Crippen molar-refractivity contribution in [1.82, 2.24) is 25.1 Å². The number of piperidine rings is 1. The summed E-state index contributed by atoms with van der Waals surface area (Å²) in [4.78, 5) is 14.0. The van der Waals surface area contributed by atoms with Crippen molar-refractivity contribution < 1.29 is 0 Å².